The number of para-hydroxylation sites is 1. The Balaban J connectivity index is 1.85. The van der Waals surface area contributed by atoms with Crippen molar-refractivity contribution in [2.45, 2.75) is 12.1 Å². The lowest BCUT2D eigenvalue weighted by molar-refractivity contribution is -0.169. The fraction of sp³-hybridized carbons (Fsp3) is 0.375. The number of amides is 2. The minimum absolute atomic E-state index is 0.172. The summed E-state index contributed by atoms with van der Waals surface area (Å²) in [7, 11) is 5.27. The van der Waals surface area contributed by atoms with E-state index in [9.17, 15) is 9.59 Å². The van der Waals surface area contributed by atoms with Gasteiger partial charge in [-0.15, -0.1) is 0 Å². The third kappa shape index (κ3) is 1.56. The highest BCUT2D eigenvalue weighted by Crippen LogP contribution is 2.44. The second kappa shape index (κ2) is 4.41. The topological polar surface area (TPSA) is 54.8 Å². The number of likely N-dealkylation sites (tertiary alicyclic amines) is 1. The van der Waals surface area contributed by atoms with Crippen LogP contribution in [0.3, 0.4) is 0 Å². The molecule has 0 radical (unpaired) electrons. The molecule has 3 heterocycles. The van der Waals surface area contributed by atoms with Crippen LogP contribution in [0.15, 0.2) is 30.3 Å². The second-order valence-corrected chi connectivity index (χ2v) is 5.97. The quantitative estimate of drug-likeness (QED) is 0.740. The minimum atomic E-state index is -0.703. The Morgan fingerprint density at radius 1 is 1.05 bits per heavy atom. The molecule has 2 aromatic rings. The number of hydrogen-bond donors (Lipinski definition) is 0. The maximum Gasteiger partial charge on any atom is 0.261 e. The van der Waals surface area contributed by atoms with Crippen molar-refractivity contribution < 1.29 is 14.4 Å². The van der Waals surface area contributed by atoms with E-state index >= 15 is 0 Å². The normalized spacial score (nSPS) is 28.9. The number of nitrogens with zero attached hydrogens (tertiary/aromatic N) is 3. The fourth-order valence-corrected chi connectivity index (χ4v) is 3.65. The van der Waals surface area contributed by atoms with Gasteiger partial charge in [0.15, 0.2) is 6.10 Å². The molecule has 2 amide bonds. The van der Waals surface area contributed by atoms with Crippen LogP contribution in [-0.2, 0) is 21.5 Å². The first-order valence-corrected chi connectivity index (χ1v) is 7.26. The van der Waals surface area contributed by atoms with E-state index in [2.05, 4.69) is 10.6 Å². The first-order valence-electron chi connectivity index (χ1n) is 7.26. The number of hydrogen-bond acceptors (Lipinski definition) is 4. The van der Waals surface area contributed by atoms with Crippen LogP contribution in [-0.4, -0.2) is 46.5 Å². The number of benzene rings is 1. The van der Waals surface area contributed by atoms with Gasteiger partial charge in [-0.3, -0.25) is 19.3 Å². The van der Waals surface area contributed by atoms with Crippen molar-refractivity contribution in [2.24, 2.45) is 13.0 Å². The van der Waals surface area contributed by atoms with Crippen LogP contribution in [0.4, 0.5) is 0 Å². The average Bonchev–Trinajstić information content (AvgIpc) is 3.08. The van der Waals surface area contributed by atoms with Crippen molar-refractivity contribution in [3.05, 3.63) is 36.0 Å². The molecule has 3 atom stereocenters. The van der Waals surface area contributed by atoms with Crippen LogP contribution in [0.25, 0.3) is 10.9 Å². The molecule has 2 aliphatic heterocycles. The van der Waals surface area contributed by atoms with Crippen LogP contribution in [0, 0.1) is 5.92 Å². The highest BCUT2D eigenvalue weighted by Gasteiger charge is 2.58. The molecule has 2 fully saturated rings. The van der Waals surface area contributed by atoms with Gasteiger partial charge in [0.05, 0.1) is 12.0 Å². The van der Waals surface area contributed by atoms with E-state index in [1.54, 1.807) is 12.1 Å². The maximum absolute atomic E-state index is 12.4. The molecule has 0 spiro atoms. The van der Waals surface area contributed by atoms with E-state index in [1.165, 1.54) is 11.9 Å². The zero-order valence-corrected chi connectivity index (χ0v) is 12.7. The number of aromatic nitrogens is 1. The molecular formula is C16H17N3O3. The Morgan fingerprint density at radius 3 is 2.50 bits per heavy atom. The number of likely N-dealkylation sites (N-methyl/N-ethyl adjacent to an activating group) is 1. The van der Waals surface area contributed by atoms with Crippen LogP contribution >= 0.6 is 0 Å². The molecule has 0 unspecified atom stereocenters. The van der Waals surface area contributed by atoms with Crippen molar-refractivity contribution in [3.63, 3.8) is 0 Å². The van der Waals surface area contributed by atoms with Crippen LogP contribution in [0.5, 0.6) is 0 Å². The van der Waals surface area contributed by atoms with Crippen molar-refractivity contribution >= 4 is 22.7 Å². The van der Waals surface area contributed by atoms with Crippen molar-refractivity contribution in [2.75, 3.05) is 14.1 Å². The number of carbonyl (C=O) groups is 2. The third-order valence-corrected chi connectivity index (χ3v) is 4.82. The Bertz CT molecular complexity index is 797. The van der Waals surface area contributed by atoms with Gasteiger partial charge in [0.25, 0.3) is 5.91 Å². The first-order chi connectivity index (χ1) is 10.5. The zero-order chi connectivity index (χ0) is 15.6. The molecule has 2 aliphatic rings. The number of carbonyl (C=O) groups excluding carboxylic acids is 2. The number of hydroxylamine groups is 2. The van der Waals surface area contributed by atoms with Crippen LogP contribution < -0.4 is 0 Å². The second-order valence-electron chi connectivity index (χ2n) is 5.97. The molecule has 6 heteroatoms. The summed E-state index contributed by atoms with van der Waals surface area (Å²) in [6, 6.07) is 9.87. The standard InChI is InChI=1S/C16H17N3O3/c1-17-10-7-5-4-6-9(10)8-11(17)13-12-14(22-19(13)3)16(21)18(2)15(12)20/h4-8,12-14H,1-3H3/t12-,13-,14+/m1/s1. The Labute approximate surface area is 127 Å². The molecular weight excluding hydrogens is 282 g/mol. The summed E-state index contributed by atoms with van der Waals surface area (Å²) in [6.45, 7) is 0. The molecule has 1 aromatic heterocycles. The van der Waals surface area contributed by atoms with Crippen molar-refractivity contribution in [3.8, 4) is 0 Å². The zero-order valence-electron chi connectivity index (χ0n) is 12.7. The fourth-order valence-electron chi connectivity index (χ4n) is 3.65. The largest absolute Gasteiger partial charge is 0.346 e. The summed E-state index contributed by atoms with van der Waals surface area (Å²) < 4.78 is 2.07. The first kappa shape index (κ1) is 13.5. The summed E-state index contributed by atoms with van der Waals surface area (Å²) in [4.78, 5) is 31.4. The Hall–Kier alpha value is -2.18. The van der Waals surface area contributed by atoms with Crippen molar-refractivity contribution in [1.82, 2.24) is 14.5 Å². The highest BCUT2D eigenvalue weighted by atomic mass is 16.7. The van der Waals surface area contributed by atoms with Gasteiger partial charge in [-0.25, -0.2) is 0 Å². The molecule has 0 saturated carbocycles. The molecule has 1 aromatic carbocycles. The number of fused-ring (bicyclic) bond motifs is 2. The predicted molar refractivity (Wildman–Crippen MR) is 79.6 cm³/mol. The highest BCUT2D eigenvalue weighted by molar-refractivity contribution is 6.07. The van der Waals surface area contributed by atoms with E-state index in [-0.39, 0.29) is 17.9 Å². The maximum atomic E-state index is 12.4. The van der Waals surface area contributed by atoms with Gasteiger partial charge in [0, 0.05) is 32.4 Å². The molecule has 114 valence electrons. The smallest absolute Gasteiger partial charge is 0.261 e. The number of imide groups is 1. The molecule has 0 N–H and O–H groups in total. The summed E-state index contributed by atoms with van der Waals surface area (Å²) >= 11 is 0. The lowest BCUT2D eigenvalue weighted by Crippen LogP contribution is -2.33. The minimum Gasteiger partial charge on any atom is -0.346 e. The molecule has 4 rings (SSSR count). The van der Waals surface area contributed by atoms with Crippen molar-refractivity contribution in [1.29, 1.82) is 0 Å². The van der Waals surface area contributed by atoms with E-state index in [1.807, 2.05) is 31.3 Å². The van der Waals surface area contributed by atoms with Crippen LogP contribution in [0.2, 0.25) is 0 Å². The van der Waals surface area contributed by atoms with Gasteiger partial charge in [0.1, 0.15) is 0 Å². The van der Waals surface area contributed by atoms with Gasteiger partial charge in [-0.05, 0) is 17.5 Å². The van der Waals surface area contributed by atoms with Crippen LogP contribution in [0.1, 0.15) is 11.7 Å². The van der Waals surface area contributed by atoms with E-state index < -0.39 is 12.0 Å². The van der Waals surface area contributed by atoms with E-state index in [4.69, 9.17) is 4.84 Å². The van der Waals surface area contributed by atoms with Gasteiger partial charge in [-0.2, -0.15) is 5.06 Å². The van der Waals surface area contributed by atoms with E-state index in [0.29, 0.717) is 0 Å². The predicted octanol–water partition coefficient (Wildman–Crippen LogP) is 1.08. The van der Waals surface area contributed by atoms with Gasteiger partial charge >= 0.3 is 0 Å². The molecule has 22 heavy (non-hydrogen) atoms. The lowest BCUT2D eigenvalue weighted by Gasteiger charge is -2.23. The van der Waals surface area contributed by atoms with Gasteiger partial charge in [-0.1, -0.05) is 18.2 Å². The summed E-state index contributed by atoms with van der Waals surface area (Å²) in [5.41, 5.74) is 2.08. The Morgan fingerprint density at radius 2 is 1.77 bits per heavy atom. The van der Waals surface area contributed by atoms with E-state index in [0.717, 1.165) is 16.6 Å². The average molecular weight is 299 g/mol. The number of aryl methyl sites for hydroxylation is 1. The summed E-state index contributed by atoms with van der Waals surface area (Å²) in [6.07, 6.45) is -0.703. The third-order valence-electron chi connectivity index (χ3n) is 4.82. The summed E-state index contributed by atoms with van der Waals surface area (Å²) in [5.74, 6) is -0.914. The van der Waals surface area contributed by atoms with Gasteiger partial charge in [0.2, 0.25) is 5.91 Å². The molecule has 0 aliphatic carbocycles. The SMILES string of the molecule is CN1C(=O)[C@H]2[C@H](ON(C)[C@@H]2c2cc3ccccc3n2C)C1=O. The monoisotopic (exact) mass is 299 g/mol. The molecule has 6 nitrogen and oxygen atoms in total. The van der Waals surface area contributed by atoms with Gasteiger partial charge < -0.3 is 4.57 Å². The Kier molecular flexibility index (Phi) is 2.70. The molecule has 0 bridgehead atoms. The summed E-state index contributed by atoms with van der Waals surface area (Å²) in [5, 5.41) is 2.76. The lowest BCUT2D eigenvalue weighted by atomic mass is 9.94. The number of rotatable bonds is 1. The molecule has 2 saturated heterocycles.